The SMILES string of the molecule is CCCCC(=O)NNc1nccc(N2CCC(c3ccccc3)CC2)c1C. The number of hydrogen-bond acceptors (Lipinski definition) is 4. The number of hydrazine groups is 1. The van der Waals surface area contributed by atoms with Crippen LogP contribution in [0.15, 0.2) is 42.6 Å². The average Bonchev–Trinajstić information content (AvgIpc) is 2.72. The first-order valence-corrected chi connectivity index (χ1v) is 9.99. The predicted molar refractivity (Wildman–Crippen MR) is 111 cm³/mol. The van der Waals surface area contributed by atoms with E-state index in [0.717, 1.165) is 50.2 Å². The highest BCUT2D eigenvalue weighted by Gasteiger charge is 2.22. The monoisotopic (exact) mass is 366 g/mol. The summed E-state index contributed by atoms with van der Waals surface area (Å²) in [6.45, 7) is 6.21. The number of benzene rings is 1. The van der Waals surface area contributed by atoms with Crippen LogP contribution >= 0.6 is 0 Å². The zero-order chi connectivity index (χ0) is 19.1. The smallest absolute Gasteiger partial charge is 0.238 e. The summed E-state index contributed by atoms with van der Waals surface area (Å²) in [5, 5.41) is 0. The Labute approximate surface area is 162 Å². The van der Waals surface area contributed by atoms with Gasteiger partial charge in [-0.3, -0.25) is 15.6 Å². The Kier molecular flexibility index (Phi) is 6.69. The van der Waals surface area contributed by atoms with Crippen molar-refractivity contribution in [3.05, 3.63) is 53.7 Å². The van der Waals surface area contributed by atoms with Gasteiger partial charge >= 0.3 is 0 Å². The van der Waals surface area contributed by atoms with Crippen LogP contribution in [0.1, 0.15) is 56.1 Å². The fourth-order valence-corrected chi connectivity index (χ4v) is 3.70. The number of anilines is 2. The summed E-state index contributed by atoms with van der Waals surface area (Å²) >= 11 is 0. The third-order valence-electron chi connectivity index (χ3n) is 5.36. The second-order valence-corrected chi connectivity index (χ2v) is 7.25. The Morgan fingerprint density at radius 3 is 2.63 bits per heavy atom. The molecule has 0 unspecified atom stereocenters. The molecule has 1 aromatic carbocycles. The van der Waals surface area contributed by atoms with E-state index >= 15 is 0 Å². The van der Waals surface area contributed by atoms with Crippen LogP contribution in [0.4, 0.5) is 11.5 Å². The Hall–Kier alpha value is -2.56. The average molecular weight is 367 g/mol. The summed E-state index contributed by atoms with van der Waals surface area (Å²) in [5.74, 6) is 1.37. The zero-order valence-corrected chi connectivity index (χ0v) is 16.4. The summed E-state index contributed by atoms with van der Waals surface area (Å²) < 4.78 is 0. The molecule has 2 aromatic rings. The molecule has 1 saturated heterocycles. The largest absolute Gasteiger partial charge is 0.371 e. The second kappa shape index (κ2) is 9.40. The van der Waals surface area contributed by atoms with Crippen LogP contribution in [-0.2, 0) is 4.79 Å². The number of unbranched alkanes of at least 4 members (excludes halogenated alkanes) is 1. The van der Waals surface area contributed by atoms with Gasteiger partial charge in [-0.1, -0.05) is 43.7 Å². The molecule has 2 N–H and O–H groups in total. The van der Waals surface area contributed by atoms with Gasteiger partial charge in [0.25, 0.3) is 0 Å². The molecule has 1 aromatic heterocycles. The Morgan fingerprint density at radius 2 is 1.93 bits per heavy atom. The van der Waals surface area contributed by atoms with Crippen LogP contribution in [-0.4, -0.2) is 24.0 Å². The van der Waals surface area contributed by atoms with Gasteiger partial charge in [0.15, 0.2) is 0 Å². The molecule has 0 atom stereocenters. The molecule has 144 valence electrons. The molecule has 3 rings (SSSR count). The zero-order valence-electron chi connectivity index (χ0n) is 16.4. The van der Waals surface area contributed by atoms with Gasteiger partial charge in [0.05, 0.1) is 0 Å². The van der Waals surface area contributed by atoms with Crippen LogP contribution in [0, 0.1) is 6.92 Å². The molecule has 27 heavy (non-hydrogen) atoms. The molecule has 5 nitrogen and oxygen atoms in total. The van der Waals surface area contributed by atoms with E-state index in [1.807, 2.05) is 6.20 Å². The molecular formula is C22H30N4O. The number of aromatic nitrogens is 1. The minimum absolute atomic E-state index is 0.00660. The lowest BCUT2D eigenvalue weighted by Gasteiger charge is -2.35. The number of nitrogens with zero attached hydrogens (tertiary/aromatic N) is 2. The van der Waals surface area contributed by atoms with Crippen LogP contribution in [0.3, 0.4) is 0 Å². The van der Waals surface area contributed by atoms with Gasteiger partial charge in [-0.2, -0.15) is 0 Å². The van der Waals surface area contributed by atoms with Gasteiger partial charge < -0.3 is 4.90 Å². The van der Waals surface area contributed by atoms with Crippen molar-refractivity contribution in [3.63, 3.8) is 0 Å². The number of pyridine rings is 1. The molecule has 0 aliphatic carbocycles. The first-order chi connectivity index (χ1) is 13.2. The van der Waals surface area contributed by atoms with Crippen LogP contribution in [0.5, 0.6) is 0 Å². The Bertz CT molecular complexity index is 739. The van der Waals surface area contributed by atoms with Crippen molar-refractivity contribution in [1.82, 2.24) is 10.4 Å². The van der Waals surface area contributed by atoms with E-state index in [1.165, 1.54) is 11.3 Å². The Balaban J connectivity index is 1.60. The molecule has 0 bridgehead atoms. The lowest BCUT2D eigenvalue weighted by atomic mass is 9.89. The van der Waals surface area contributed by atoms with Crippen molar-refractivity contribution in [3.8, 4) is 0 Å². The lowest BCUT2D eigenvalue weighted by molar-refractivity contribution is -0.120. The van der Waals surface area contributed by atoms with E-state index in [2.05, 4.69) is 71.0 Å². The highest BCUT2D eigenvalue weighted by atomic mass is 16.2. The summed E-state index contributed by atoms with van der Waals surface area (Å²) in [6.07, 6.45) is 6.57. The van der Waals surface area contributed by atoms with E-state index in [9.17, 15) is 4.79 Å². The minimum atomic E-state index is 0.00660. The van der Waals surface area contributed by atoms with Crippen molar-refractivity contribution in [2.24, 2.45) is 0 Å². The molecular weight excluding hydrogens is 336 g/mol. The van der Waals surface area contributed by atoms with Crippen LogP contribution in [0.2, 0.25) is 0 Å². The van der Waals surface area contributed by atoms with Crippen molar-refractivity contribution in [2.45, 2.75) is 51.9 Å². The summed E-state index contributed by atoms with van der Waals surface area (Å²) in [7, 11) is 0. The van der Waals surface area contributed by atoms with E-state index in [1.54, 1.807) is 0 Å². The number of piperidine rings is 1. The molecule has 1 aliphatic rings. The molecule has 1 aliphatic heterocycles. The maximum Gasteiger partial charge on any atom is 0.238 e. The van der Waals surface area contributed by atoms with Gasteiger partial charge in [0.2, 0.25) is 5.91 Å². The summed E-state index contributed by atoms with van der Waals surface area (Å²) in [4.78, 5) is 18.7. The summed E-state index contributed by atoms with van der Waals surface area (Å²) in [5.41, 5.74) is 9.48. The van der Waals surface area contributed by atoms with E-state index in [-0.39, 0.29) is 5.91 Å². The quantitative estimate of drug-likeness (QED) is 0.713. The number of rotatable bonds is 7. The van der Waals surface area contributed by atoms with Gasteiger partial charge in [-0.05, 0) is 43.7 Å². The number of hydrogen-bond donors (Lipinski definition) is 2. The van der Waals surface area contributed by atoms with E-state index in [4.69, 9.17) is 0 Å². The van der Waals surface area contributed by atoms with Crippen LogP contribution in [0.25, 0.3) is 0 Å². The third kappa shape index (κ3) is 5.00. The molecule has 1 fully saturated rings. The number of amides is 1. The second-order valence-electron chi connectivity index (χ2n) is 7.25. The maximum atomic E-state index is 11.8. The van der Waals surface area contributed by atoms with Crippen molar-refractivity contribution < 1.29 is 4.79 Å². The minimum Gasteiger partial charge on any atom is -0.371 e. The van der Waals surface area contributed by atoms with E-state index < -0.39 is 0 Å². The fraction of sp³-hybridized carbons (Fsp3) is 0.455. The highest BCUT2D eigenvalue weighted by molar-refractivity contribution is 5.77. The maximum absolute atomic E-state index is 11.8. The fourth-order valence-electron chi connectivity index (χ4n) is 3.70. The number of nitrogens with one attached hydrogen (secondary N) is 2. The first-order valence-electron chi connectivity index (χ1n) is 9.99. The molecule has 5 heteroatoms. The predicted octanol–water partition coefficient (Wildman–Crippen LogP) is 4.41. The first kappa shape index (κ1) is 19.2. The van der Waals surface area contributed by atoms with Gasteiger partial charge in [-0.15, -0.1) is 0 Å². The number of carbonyl (C=O) groups is 1. The van der Waals surface area contributed by atoms with Crippen molar-refractivity contribution in [1.29, 1.82) is 0 Å². The molecule has 1 amide bonds. The van der Waals surface area contributed by atoms with Gasteiger partial charge in [0, 0.05) is 37.0 Å². The summed E-state index contributed by atoms with van der Waals surface area (Å²) in [6, 6.07) is 12.9. The standard InChI is InChI=1S/C22H30N4O/c1-3-4-10-21(27)24-25-22-17(2)20(11-14-23-22)26-15-12-19(13-16-26)18-8-6-5-7-9-18/h5-9,11,14,19H,3-4,10,12-13,15-16H2,1-2H3,(H,23,25)(H,24,27). The topological polar surface area (TPSA) is 57.3 Å². The van der Waals surface area contributed by atoms with Crippen molar-refractivity contribution >= 4 is 17.4 Å². The third-order valence-corrected chi connectivity index (χ3v) is 5.36. The Morgan fingerprint density at radius 1 is 1.19 bits per heavy atom. The van der Waals surface area contributed by atoms with Gasteiger partial charge in [0.1, 0.15) is 5.82 Å². The molecule has 0 radical (unpaired) electrons. The van der Waals surface area contributed by atoms with Crippen molar-refractivity contribution in [2.75, 3.05) is 23.4 Å². The lowest BCUT2D eigenvalue weighted by Crippen LogP contribution is -2.34. The normalized spacial score (nSPS) is 14.8. The molecule has 2 heterocycles. The molecule has 0 saturated carbocycles. The highest BCUT2D eigenvalue weighted by Crippen LogP contribution is 2.32. The van der Waals surface area contributed by atoms with E-state index in [0.29, 0.717) is 12.3 Å². The van der Waals surface area contributed by atoms with Gasteiger partial charge in [-0.25, -0.2) is 4.98 Å². The molecule has 0 spiro atoms. The van der Waals surface area contributed by atoms with Crippen LogP contribution < -0.4 is 15.8 Å². The number of carbonyl (C=O) groups excluding carboxylic acids is 1.